The van der Waals surface area contributed by atoms with Crippen LogP contribution in [-0.4, -0.2) is 25.2 Å². The van der Waals surface area contributed by atoms with Gasteiger partial charge in [0.05, 0.1) is 11.2 Å². The zero-order valence-electron chi connectivity index (χ0n) is 11.7. The molecule has 1 unspecified atom stereocenters. The highest BCUT2D eigenvalue weighted by atomic mass is 32.1. The van der Waals surface area contributed by atoms with Crippen molar-refractivity contribution in [3.8, 4) is 0 Å². The van der Waals surface area contributed by atoms with Crippen molar-refractivity contribution >= 4 is 11.3 Å². The van der Waals surface area contributed by atoms with Crippen molar-refractivity contribution in [2.75, 3.05) is 20.3 Å². The van der Waals surface area contributed by atoms with E-state index in [2.05, 4.69) is 19.2 Å². The fraction of sp³-hybridized carbons (Fsp3) is 0.786. The van der Waals surface area contributed by atoms with Crippen LogP contribution in [0.3, 0.4) is 0 Å². The van der Waals surface area contributed by atoms with Gasteiger partial charge in [-0.25, -0.2) is 4.98 Å². The van der Waals surface area contributed by atoms with Gasteiger partial charge in [-0.05, 0) is 45.6 Å². The van der Waals surface area contributed by atoms with Gasteiger partial charge < -0.3 is 10.1 Å². The molecule has 0 aromatic carbocycles. The molecule has 0 saturated heterocycles. The molecule has 4 heteroatoms. The molecular formula is C14H24N2OS. The molecule has 0 spiro atoms. The minimum absolute atomic E-state index is 0.0268. The molecule has 1 N–H and O–H groups in total. The molecule has 1 heterocycles. The highest BCUT2D eigenvalue weighted by molar-refractivity contribution is 7.12. The van der Waals surface area contributed by atoms with Crippen LogP contribution in [0, 0.1) is 0 Å². The molecular weight excluding hydrogens is 244 g/mol. The Balaban J connectivity index is 2.15. The normalized spacial score (nSPS) is 17.7. The molecule has 0 bridgehead atoms. The Morgan fingerprint density at radius 3 is 2.94 bits per heavy atom. The lowest BCUT2D eigenvalue weighted by Crippen LogP contribution is -2.41. The topological polar surface area (TPSA) is 34.1 Å². The van der Waals surface area contributed by atoms with Gasteiger partial charge in [0.1, 0.15) is 5.01 Å². The van der Waals surface area contributed by atoms with E-state index in [1.165, 1.54) is 34.8 Å². The summed E-state index contributed by atoms with van der Waals surface area (Å²) in [6.45, 7) is 6.27. The summed E-state index contributed by atoms with van der Waals surface area (Å²) in [5.41, 5.74) is 1.32. The first-order valence-electron chi connectivity index (χ1n) is 6.92. The summed E-state index contributed by atoms with van der Waals surface area (Å²) in [4.78, 5) is 6.38. The first kappa shape index (κ1) is 14.0. The van der Waals surface area contributed by atoms with Gasteiger partial charge in [-0.2, -0.15) is 0 Å². The number of aromatic nitrogens is 1. The van der Waals surface area contributed by atoms with E-state index in [4.69, 9.17) is 9.72 Å². The highest BCUT2D eigenvalue weighted by Crippen LogP contribution is 2.34. The molecule has 1 aromatic heterocycles. The van der Waals surface area contributed by atoms with Crippen molar-refractivity contribution in [1.82, 2.24) is 10.3 Å². The van der Waals surface area contributed by atoms with Gasteiger partial charge in [-0.1, -0.05) is 6.92 Å². The molecule has 0 radical (unpaired) electrons. The van der Waals surface area contributed by atoms with E-state index in [1.54, 1.807) is 7.11 Å². The van der Waals surface area contributed by atoms with Gasteiger partial charge in [-0.15, -0.1) is 11.3 Å². The summed E-state index contributed by atoms with van der Waals surface area (Å²) in [7, 11) is 1.77. The van der Waals surface area contributed by atoms with Crippen LogP contribution in [-0.2, 0) is 23.1 Å². The summed E-state index contributed by atoms with van der Waals surface area (Å²) in [6.07, 6.45) is 5.80. The Hall–Kier alpha value is -0.450. The standard InChI is InChI=1S/C14H24N2OS/c1-4-9-15-14(2,8-10-17-3)13-16-11-6-5-7-12(11)18-13/h15H,4-10H2,1-3H3. The zero-order valence-corrected chi connectivity index (χ0v) is 12.5. The van der Waals surface area contributed by atoms with E-state index in [-0.39, 0.29) is 5.54 Å². The van der Waals surface area contributed by atoms with Crippen molar-refractivity contribution < 1.29 is 4.74 Å². The summed E-state index contributed by atoms with van der Waals surface area (Å²) in [5, 5.41) is 4.90. The second kappa shape index (κ2) is 6.13. The third-order valence-electron chi connectivity index (χ3n) is 3.64. The number of thiazole rings is 1. The molecule has 102 valence electrons. The Morgan fingerprint density at radius 2 is 2.28 bits per heavy atom. The predicted octanol–water partition coefficient (Wildman–Crippen LogP) is 2.88. The van der Waals surface area contributed by atoms with Gasteiger partial charge in [0.15, 0.2) is 0 Å². The van der Waals surface area contributed by atoms with Crippen LogP contribution in [0.4, 0.5) is 0 Å². The summed E-state index contributed by atoms with van der Waals surface area (Å²) < 4.78 is 5.25. The number of methoxy groups -OCH3 is 1. The minimum atomic E-state index is -0.0268. The first-order valence-corrected chi connectivity index (χ1v) is 7.74. The van der Waals surface area contributed by atoms with Crippen LogP contribution in [0.25, 0.3) is 0 Å². The Labute approximate surface area is 114 Å². The molecule has 2 rings (SSSR count). The number of hydrogen-bond donors (Lipinski definition) is 1. The van der Waals surface area contributed by atoms with E-state index in [9.17, 15) is 0 Å². The molecule has 1 aliphatic carbocycles. The van der Waals surface area contributed by atoms with Crippen molar-refractivity contribution in [2.24, 2.45) is 0 Å². The molecule has 1 aliphatic rings. The molecule has 0 aliphatic heterocycles. The third-order valence-corrected chi connectivity index (χ3v) is 5.06. The predicted molar refractivity (Wildman–Crippen MR) is 76.3 cm³/mol. The second-order valence-electron chi connectivity index (χ2n) is 5.24. The van der Waals surface area contributed by atoms with E-state index < -0.39 is 0 Å². The van der Waals surface area contributed by atoms with Gasteiger partial charge in [-0.3, -0.25) is 0 Å². The maximum atomic E-state index is 5.25. The highest BCUT2D eigenvalue weighted by Gasteiger charge is 2.31. The van der Waals surface area contributed by atoms with Crippen molar-refractivity contribution in [2.45, 2.75) is 51.5 Å². The second-order valence-corrected chi connectivity index (χ2v) is 6.33. The molecule has 0 saturated carbocycles. The fourth-order valence-electron chi connectivity index (χ4n) is 2.40. The van der Waals surface area contributed by atoms with E-state index >= 15 is 0 Å². The Morgan fingerprint density at radius 1 is 1.44 bits per heavy atom. The molecule has 1 atom stereocenters. The number of nitrogens with one attached hydrogen (secondary N) is 1. The van der Waals surface area contributed by atoms with Crippen LogP contribution in [0.2, 0.25) is 0 Å². The van der Waals surface area contributed by atoms with Gasteiger partial charge >= 0.3 is 0 Å². The van der Waals surface area contributed by atoms with Crippen LogP contribution in [0.1, 0.15) is 48.7 Å². The zero-order chi connectivity index (χ0) is 13.0. The molecule has 0 amide bonds. The van der Waals surface area contributed by atoms with Crippen molar-refractivity contribution in [1.29, 1.82) is 0 Å². The van der Waals surface area contributed by atoms with Gasteiger partial charge in [0.2, 0.25) is 0 Å². The fourth-order valence-corrected chi connectivity index (χ4v) is 3.71. The molecule has 1 aromatic rings. The average Bonchev–Trinajstić information content (AvgIpc) is 2.94. The number of aryl methyl sites for hydroxylation is 2. The van der Waals surface area contributed by atoms with Crippen molar-refractivity contribution in [3.63, 3.8) is 0 Å². The van der Waals surface area contributed by atoms with Crippen LogP contribution < -0.4 is 5.32 Å². The van der Waals surface area contributed by atoms with Crippen molar-refractivity contribution in [3.05, 3.63) is 15.6 Å². The van der Waals surface area contributed by atoms with Crippen LogP contribution in [0.15, 0.2) is 0 Å². The van der Waals surface area contributed by atoms with Gasteiger partial charge in [0.25, 0.3) is 0 Å². The first-order chi connectivity index (χ1) is 8.69. The van der Waals surface area contributed by atoms with E-state index in [0.717, 1.165) is 26.0 Å². The molecule has 3 nitrogen and oxygen atoms in total. The lowest BCUT2D eigenvalue weighted by atomic mass is 9.99. The minimum Gasteiger partial charge on any atom is -0.385 e. The largest absolute Gasteiger partial charge is 0.385 e. The summed E-state index contributed by atoms with van der Waals surface area (Å²) in [6, 6.07) is 0. The van der Waals surface area contributed by atoms with Gasteiger partial charge in [0, 0.05) is 18.6 Å². The third kappa shape index (κ3) is 2.92. The maximum absolute atomic E-state index is 5.25. The number of fused-ring (bicyclic) bond motifs is 1. The summed E-state index contributed by atoms with van der Waals surface area (Å²) in [5.74, 6) is 0. The molecule has 0 fully saturated rings. The summed E-state index contributed by atoms with van der Waals surface area (Å²) >= 11 is 1.90. The van der Waals surface area contributed by atoms with Crippen LogP contribution >= 0.6 is 11.3 Å². The number of ether oxygens (including phenoxy) is 1. The average molecular weight is 268 g/mol. The smallest absolute Gasteiger partial charge is 0.113 e. The van der Waals surface area contributed by atoms with E-state index in [0.29, 0.717) is 0 Å². The quantitative estimate of drug-likeness (QED) is 0.825. The molecule has 18 heavy (non-hydrogen) atoms. The Bertz CT molecular complexity index is 360. The Kier molecular flexibility index (Phi) is 4.76. The number of hydrogen-bond acceptors (Lipinski definition) is 4. The monoisotopic (exact) mass is 268 g/mol. The number of rotatable bonds is 7. The van der Waals surface area contributed by atoms with E-state index in [1.807, 2.05) is 11.3 Å². The lowest BCUT2D eigenvalue weighted by molar-refractivity contribution is 0.159. The lowest BCUT2D eigenvalue weighted by Gasteiger charge is -2.28. The van der Waals surface area contributed by atoms with Crippen LogP contribution in [0.5, 0.6) is 0 Å². The SMILES string of the molecule is CCCNC(C)(CCOC)c1nc2c(s1)CCC2. The number of nitrogens with zero attached hydrogens (tertiary/aromatic N) is 1. The maximum Gasteiger partial charge on any atom is 0.113 e.